The van der Waals surface area contributed by atoms with Crippen molar-refractivity contribution in [1.29, 1.82) is 0 Å². The fourth-order valence-electron chi connectivity index (χ4n) is 1.93. The third kappa shape index (κ3) is 3.92. The molecule has 4 N–H and O–H groups in total. The van der Waals surface area contributed by atoms with E-state index in [1.54, 1.807) is 0 Å². The van der Waals surface area contributed by atoms with E-state index in [-0.39, 0.29) is 6.03 Å². The third-order valence-electron chi connectivity index (χ3n) is 2.98. The number of amides is 2. The lowest BCUT2D eigenvalue weighted by molar-refractivity contribution is 0.185. The zero-order valence-electron chi connectivity index (χ0n) is 10.3. The van der Waals surface area contributed by atoms with Crippen molar-refractivity contribution in [1.82, 2.24) is 10.6 Å². The number of benzene rings is 1. The van der Waals surface area contributed by atoms with Crippen LogP contribution in [0.3, 0.4) is 0 Å². The first kappa shape index (κ1) is 12.7. The van der Waals surface area contributed by atoms with Crippen molar-refractivity contribution in [2.75, 3.05) is 25.5 Å². The van der Waals surface area contributed by atoms with Gasteiger partial charge in [0.05, 0.1) is 6.61 Å². The molecule has 1 unspecified atom stereocenters. The van der Waals surface area contributed by atoms with Crippen LogP contribution < -0.4 is 16.4 Å². The molecule has 1 aliphatic heterocycles. The Hall–Kier alpha value is -1.75. The summed E-state index contributed by atoms with van der Waals surface area (Å²) in [5.74, 6) is 0.447. The monoisotopic (exact) mass is 249 g/mol. The number of nitrogens with two attached hydrogens (primary N) is 1. The van der Waals surface area contributed by atoms with Crippen LogP contribution in [0.15, 0.2) is 24.3 Å². The highest BCUT2D eigenvalue weighted by Gasteiger charge is 2.15. The molecule has 98 valence electrons. The number of nitrogen functional groups attached to an aromatic ring is 1. The normalized spacial score (nSPS) is 18.6. The van der Waals surface area contributed by atoms with Gasteiger partial charge in [-0.15, -0.1) is 0 Å². The number of carbonyl (C=O) groups is 1. The minimum atomic E-state index is -0.149. The smallest absolute Gasteiger partial charge is 0.315 e. The number of hydrogen-bond acceptors (Lipinski definition) is 3. The van der Waals surface area contributed by atoms with Crippen molar-refractivity contribution < 1.29 is 9.53 Å². The van der Waals surface area contributed by atoms with Gasteiger partial charge < -0.3 is 21.1 Å². The molecule has 5 nitrogen and oxygen atoms in total. The zero-order chi connectivity index (χ0) is 12.8. The third-order valence-corrected chi connectivity index (χ3v) is 2.98. The van der Waals surface area contributed by atoms with Crippen LogP contribution in [0, 0.1) is 5.92 Å². The molecular formula is C13H19N3O2. The second-order valence-corrected chi connectivity index (χ2v) is 4.54. The largest absolute Gasteiger partial charge is 0.399 e. The molecule has 1 aromatic carbocycles. The van der Waals surface area contributed by atoms with Gasteiger partial charge >= 0.3 is 6.03 Å². The summed E-state index contributed by atoms with van der Waals surface area (Å²) in [4.78, 5) is 11.6. The fourth-order valence-corrected chi connectivity index (χ4v) is 1.93. The lowest BCUT2D eigenvalue weighted by Gasteiger charge is -2.11. The number of carbonyl (C=O) groups excluding carboxylic acids is 1. The molecule has 0 radical (unpaired) electrons. The molecule has 2 rings (SSSR count). The maximum absolute atomic E-state index is 11.6. The topological polar surface area (TPSA) is 76.4 Å². The van der Waals surface area contributed by atoms with Gasteiger partial charge in [-0.25, -0.2) is 4.79 Å². The zero-order valence-corrected chi connectivity index (χ0v) is 10.3. The van der Waals surface area contributed by atoms with E-state index in [0.29, 0.717) is 24.7 Å². The first-order valence-electron chi connectivity index (χ1n) is 6.18. The molecule has 1 saturated heterocycles. The van der Waals surface area contributed by atoms with Crippen LogP contribution >= 0.6 is 0 Å². The summed E-state index contributed by atoms with van der Waals surface area (Å²) >= 11 is 0. The Labute approximate surface area is 107 Å². The van der Waals surface area contributed by atoms with E-state index >= 15 is 0 Å². The summed E-state index contributed by atoms with van der Waals surface area (Å²) in [6, 6.07) is 7.33. The van der Waals surface area contributed by atoms with Crippen molar-refractivity contribution in [2.45, 2.75) is 13.0 Å². The number of ether oxygens (including phenoxy) is 1. The summed E-state index contributed by atoms with van der Waals surface area (Å²) in [5, 5.41) is 5.65. The molecule has 1 aromatic rings. The molecule has 1 heterocycles. The predicted molar refractivity (Wildman–Crippen MR) is 70.0 cm³/mol. The van der Waals surface area contributed by atoms with Crippen molar-refractivity contribution in [2.24, 2.45) is 5.92 Å². The van der Waals surface area contributed by atoms with Gasteiger partial charge in [0.2, 0.25) is 0 Å². The second kappa shape index (κ2) is 6.26. The molecule has 1 aliphatic rings. The Morgan fingerprint density at radius 3 is 3.06 bits per heavy atom. The van der Waals surface area contributed by atoms with Crippen LogP contribution in [0.4, 0.5) is 10.5 Å². The molecule has 0 bridgehead atoms. The van der Waals surface area contributed by atoms with E-state index in [4.69, 9.17) is 10.5 Å². The van der Waals surface area contributed by atoms with Gasteiger partial charge in [0.15, 0.2) is 0 Å². The highest BCUT2D eigenvalue weighted by Crippen LogP contribution is 2.10. The van der Waals surface area contributed by atoms with Gasteiger partial charge in [0.1, 0.15) is 0 Å². The van der Waals surface area contributed by atoms with Crippen molar-refractivity contribution in [3.05, 3.63) is 29.8 Å². The highest BCUT2D eigenvalue weighted by molar-refractivity contribution is 5.73. The summed E-state index contributed by atoms with van der Waals surface area (Å²) < 4.78 is 5.25. The number of anilines is 1. The van der Waals surface area contributed by atoms with Crippen molar-refractivity contribution in [3.63, 3.8) is 0 Å². The van der Waals surface area contributed by atoms with Gasteiger partial charge in [0.25, 0.3) is 0 Å². The number of rotatable bonds is 4. The van der Waals surface area contributed by atoms with Crippen LogP contribution in [0.2, 0.25) is 0 Å². The SMILES string of the molecule is Nc1cccc(CNC(=O)NCC2CCOC2)c1. The van der Waals surface area contributed by atoms with E-state index in [1.165, 1.54) is 0 Å². The second-order valence-electron chi connectivity index (χ2n) is 4.54. The van der Waals surface area contributed by atoms with E-state index < -0.39 is 0 Å². The van der Waals surface area contributed by atoms with E-state index in [9.17, 15) is 4.79 Å². The average molecular weight is 249 g/mol. The van der Waals surface area contributed by atoms with E-state index in [2.05, 4.69) is 10.6 Å². The van der Waals surface area contributed by atoms with Gasteiger partial charge in [-0.2, -0.15) is 0 Å². The van der Waals surface area contributed by atoms with Gasteiger partial charge in [-0.1, -0.05) is 12.1 Å². The van der Waals surface area contributed by atoms with Gasteiger partial charge in [-0.3, -0.25) is 0 Å². The Morgan fingerprint density at radius 2 is 2.33 bits per heavy atom. The summed E-state index contributed by atoms with van der Waals surface area (Å²) in [6.07, 6.45) is 1.02. The summed E-state index contributed by atoms with van der Waals surface area (Å²) in [6.45, 7) is 2.70. The highest BCUT2D eigenvalue weighted by atomic mass is 16.5. The molecule has 0 spiro atoms. The molecule has 1 atom stereocenters. The minimum Gasteiger partial charge on any atom is -0.399 e. The van der Waals surface area contributed by atoms with Crippen LogP contribution in [0.5, 0.6) is 0 Å². The molecule has 0 aromatic heterocycles. The maximum Gasteiger partial charge on any atom is 0.315 e. The fraction of sp³-hybridized carbons (Fsp3) is 0.462. The number of urea groups is 1. The predicted octanol–water partition coefficient (Wildman–Crippen LogP) is 1.10. The quantitative estimate of drug-likeness (QED) is 0.699. The minimum absolute atomic E-state index is 0.149. The Morgan fingerprint density at radius 1 is 1.44 bits per heavy atom. The molecule has 5 heteroatoms. The van der Waals surface area contributed by atoms with E-state index in [1.807, 2.05) is 24.3 Å². The van der Waals surface area contributed by atoms with Crippen molar-refractivity contribution >= 4 is 11.7 Å². The van der Waals surface area contributed by atoms with E-state index in [0.717, 1.165) is 25.2 Å². The van der Waals surface area contributed by atoms with Crippen LogP contribution in [0.1, 0.15) is 12.0 Å². The first-order chi connectivity index (χ1) is 8.74. The average Bonchev–Trinajstić information content (AvgIpc) is 2.87. The maximum atomic E-state index is 11.6. The lowest BCUT2D eigenvalue weighted by Crippen LogP contribution is -2.38. The standard InChI is InChI=1S/C13H19N3O2/c14-12-3-1-2-10(6-12)7-15-13(17)16-8-11-4-5-18-9-11/h1-3,6,11H,4-5,7-9,14H2,(H2,15,16,17). The number of hydrogen-bond donors (Lipinski definition) is 3. The summed E-state index contributed by atoms with van der Waals surface area (Å²) in [5.41, 5.74) is 7.37. The van der Waals surface area contributed by atoms with Gasteiger partial charge in [-0.05, 0) is 24.1 Å². The first-order valence-corrected chi connectivity index (χ1v) is 6.18. The number of nitrogens with one attached hydrogen (secondary N) is 2. The molecule has 0 aliphatic carbocycles. The molecular weight excluding hydrogens is 230 g/mol. The summed E-state index contributed by atoms with van der Waals surface area (Å²) in [7, 11) is 0. The van der Waals surface area contributed by atoms with Gasteiger partial charge in [0, 0.05) is 31.3 Å². The molecule has 0 saturated carbocycles. The molecule has 18 heavy (non-hydrogen) atoms. The van der Waals surface area contributed by atoms with Crippen LogP contribution in [-0.4, -0.2) is 25.8 Å². The molecule has 1 fully saturated rings. The Balaban J connectivity index is 1.68. The molecule has 2 amide bonds. The van der Waals surface area contributed by atoms with Crippen LogP contribution in [0.25, 0.3) is 0 Å². The van der Waals surface area contributed by atoms with Crippen LogP contribution in [-0.2, 0) is 11.3 Å². The Kier molecular flexibility index (Phi) is 4.41. The lowest BCUT2D eigenvalue weighted by atomic mass is 10.1. The Bertz CT molecular complexity index is 403. The van der Waals surface area contributed by atoms with Crippen molar-refractivity contribution in [3.8, 4) is 0 Å².